The van der Waals surface area contributed by atoms with Crippen molar-refractivity contribution in [2.45, 2.75) is 12.8 Å². The number of rotatable bonds is 5. The predicted octanol–water partition coefficient (Wildman–Crippen LogP) is 1.14. The number of carbonyl (C=O) groups is 1. The molecule has 104 valence electrons. The summed E-state index contributed by atoms with van der Waals surface area (Å²) in [6, 6.07) is 1.84. The number of aromatic nitrogens is 2. The largest absolute Gasteiger partial charge is 0.351 e. The van der Waals surface area contributed by atoms with Crippen molar-refractivity contribution in [3.63, 3.8) is 0 Å². The zero-order valence-electron chi connectivity index (χ0n) is 11.0. The van der Waals surface area contributed by atoms with Gasteiger partial charge in [0, 0.05) is 30.9 Å². The van der Waals surface area contributed by atoms with Gasteiger partial charge in [0.25, 0.3) is 5.91 Å². The molecule has 0 aromatic carbocycles. The minimum absolute atomic E-state index is 0.0826. The highest BCUT2D eigenvalue weighted by atomic mass is 32.1. The first-order valence-electron chi connectivity index (χ1n) is 6.34. The monoisotopic (exact) mass is 288 g/mol. The Balaban J connectivity index is 1.81. The van der Waals surface area contributed by atoms with Gasteiger partial charge in [-0.15, -0.1) is 11.3 Å². The smallest absolute Gasteiger partial charge is 0.262 e. The summed E-state index contributed by atoms with van der Waals surface area (Å²) in [7, 11) is 0. The van der Waals surface area contributed by atoms with Crippen molar-refractivity contribution in [1.82, 2.24) is 15.3 Å². The first-order chi connectivity index (χ1) is 9.81. The topological polar surface area (TPSA) is 83.8 Å². The van der Waals surface area contributed by atoms with Crippen LogP contribution in [0.2, 0.25) is 0 Å². The molecule has 0 atom stereocenters. The van der Waals surface area contributed by atoms with Crippen LogP contribution in [0.5, 0.6) is 0 Å². The molecule has 0 aliphatic carbocycles. The van der Waals surface area contributed by atoms with Crippen LogP contribution in [0.4, 0.5) is 0 Å². The second kappa shape index (κ2) is 7.48. The lowest BCUT2D eigenvalue weighted by atomic mass is 10.2. The molecule has 2 aromatic rings. The lowest BCUT2D eigenvalue weighted by Crippen LogP contribution is -2.24. The van der Waals surface area contributed by atoms with Crippen LogP contribution >= 0.6 is 11.3 Å². The summed E-state index contributed by atoms with van der Waals surface area (Å²) in [4.78, 5) is 19.8. The van der Waals surface area contributed by atoms with Crippen LogP contribution in [0, 0.1) is 11.8 Å². The van der Waals surface area contributed by atoms with Crippen molar-refractivity contribution in [2.75, 3.05) is 13.1 Å². The van der Waals surface area contributed by atoms with Crippen molar-refractivity contribution in [3.8, 4) is 11.8 Å². The summed E-state index contributed by atoms with van der Waals surface area (Å²) in [5.41, 5.74) is 6.08. The molecule has 1 amide bonds. The summed E-state index contributed by atoms with van der Waals surface area (Å²) in [5, 5.41) is 4.75. The molecular weight excluding hydrogens is 272 g/mol. The van der Waals surface area contributed by atoms with E-state index in [1.165, 1.54) is 11.3 Å². The van der Waals surface area contributed by atoms with E-state index >= 15 is 0 Å². The van der Waals surface area contributed by atoms with Crippen molar-refractivity contribution in [3.05, 3.63) is 40.1 Å². The molecule has 0 aliphatic heterocycles. The molecule has 2 rings (SSSR count). The van der Waals surface area contributed by atoms with E-state index in [0.717, 1.165) is 24.2 Å². The first kappa shape index (κ1) is 14.3. The van der Waals surface area contributed by atoms with Crippen molar-refractivity contribution in [1.29, 1.82) is 0 Å². The van der Waals surface area contributed by atoms with Gasteiger partial charge in [0.15, 0.2) is 0 Å². The number of nitrogens with two attached hydrogens (primary N) is 1. The summed E-state index contributed by atoms with van der Waals surface area (Å²) < 4.78 is 0. The van der Waals surface area contributed by atoms with Gasteiger partial charge in [-0.3, -0.25) is 4.79 Å². The SMILES string of the molecule is NCC#Cc1ccsc1C(=O)NCCCc1ncc[nH]1. The maximum Gasteiger partial charge on any atom is 0.262 e. The second-order valence-electron chi connectivity index (χ2n) is 4.06. The number of nitrogens with one attached hydrogen (secondary N) is 2. The number of carbonyl (C=O) groups excluding carboxylic acids is 1. The fourth-order valence-corrected chi connectivity index (χ4v) is 2.47. The van der Waals surface area contributed by atoms with E-state index < -0.39 is 0 Å². The Kier molecular flexibility index (Phi) is 5.35. The van der Waals surface area contributed by atoms with Crippen LogP contribution in [-0.4, -0.2) is 29.0 Å². The number of hydrogen-bond donors (Lipinski definition) is 3. The Morgan fingerprint density at radius 1 is 1.55 bits per heavy atom. The maximum atomic E-state index is 12.0. The molecule has 6 heteroatoms. The van der Waals surface area contributed by atoms with Gasteiger partial charge in [0.2, 0.25) is 0 Å². The highest BCUT2D eigenvalue weighted by Gasteiger charge is 2.11. The second-order valence-corrected chi connectivity index (χ2v) is 4.98. The van der Waals surface area contributed by atoms with Gasteiger partial charge in [-0.2, -0.15) is 0 Å². The van der Waals surface area contributed by atoms with Gasteiger partial charge in [0.1, 0.15) is 10.7 Å². The first-order valence-corrected chi connectivity index (χ1v) is 7.22. The van der Waals surface area contributed by atoms with Gasteiger partial charge in [-0.25, -0.2) is 4.98 Å². The number of imidazole rings is 1. The Bertz CT molecular complexity index is 607. The number of thiophene rings is 1. The average molecular weight is 288 g/mol. The minimum Gasteiger partial charge on any atom is -0.351 e. The van der Waals surface area contributed by atoms with Gasteiger partial charge in [-0.1, -0.05) is 11.8 Å². The summed E-state index contributed by atoms with van der Waals surface area (Å²) in [6.45, 7) is 0.904. The summed E-state index contributed by atoms with van der Waals surface area (Å²) in [5.74, 6) is 6.52. The lowest BCUT2D eigenvalue weighted by molar-refractivity contribution is 0.0957. The number of H-pyrrole nitrogens is 1. The minimum atomic E-state index is -0.0826. The third-order valence-corrected chi connectivity index (χ3v) is 3.54. The Morgan fingerprint density at radius 2 is 2.45 bits per heavy atom. The highest BCUT2D eigenvalue weighted by molar-refractivity contribution is 7.12. The molecule has 2 heterocycles. The fraction of sp³-hybridized carbons (Fsp3) is 0.286. The van der Waals surface area contributed by atoms with Crippen molar-refractivity contribution < 1.29 is 4.79 Å². The molecule has 0 radical (unpaired) electrons. The van der Waals surface area contributed by atoms with Crippen molar-refractivity contribution >= 4 is 17.2 Å². The molecule has 5 nitrogen and oxygen atoms in total. The zero-order chi connectivity index (χ0) is 14.2. The Labute approximate surface area is 121 Å². The molecular formula is C14H16N4OS. The molecule has 0 fully saturated rings. The number of hydrogen-bond acceptors (Lipinski definition) is 4. The molecule has 0 saturated carbocycles. The average Bonchev–Trinajstić information content (AvgIpc) is 3.12. The quantitative estimate of drug-likeness (QED) is 0.570. The number of aryl methyl sites for hydroxylation is 1. The van der Waals surface area contributed by atoms with Crippen molar-refractivity contribution in [2.24, 2.45) is 5.73 Å². The predicted molar refractivity (Wildman–Crippen MR) is 79.5 cm³/mol. The van der Waals surface area contributed by atoms with E-state index in [-0.39, 0.29) is 5.91 Å². The highest BCUT2D eigenvalue weighted by Crippen LogP contribution is 2.15. The number of aromatic amines is 1. The number of nitrogens with zero attached hydrogens (tertiary/aromatic N) is 1. The molecule has 0 unspecified atom stereocenters. The van der Waals surface area contributed by atoms with E-state index in [1.807, 2.05) is 11.4 Å². The lowest BCUT2D eigenvalue weighted by Gasteiger charge is -2.03. The molecule has 20 heavy (non-hydrogen) atoms. The van der Waals surface area contributed by atoms with Gasteiger partial charge < -0.3 is 16.0 Å². The van der Waals surface area contributed by atoms with E-state index in [2.05, 4.69) is 27.1 Å². The van der Waals surface area contributed by atoms with Crippen LogP contribution in [0.1, 0.15) is 27.5 Å². The maximum absolute atomic E-state index is 12.0. The van der Waals surface area contributed by atoms with Gasteiger partial charge in [-0.05, 0) is 17.9 Å². The molecule has 0 bridgehead atoms. The Morgan fingerprint density at radius 3 is 3.20 bits per heavy atom. The normalized spacial score (nSPS) is 9.85. The third-order valence-electron chi connectivity index (χ3n) is 2.63. The third kappa shape index (κ3) is 3.95. The van der Waals surface area contributed by atoms with E-state index in [4.69, 9.17) is 5.73 Å². The molecule has 2 aromatic heterocycles. The van der Waals surface area contributed by atoms with Crippen LogP contribution in [-0.2, 0) is 6.42 Å². The molecule has 4 N–H and O–H groups in total. The van der Waals surface area contributed by atoms with Gasteiger partial charge in [0.05, 0.1) is 6.54 Å². The summed E-state index contributed by atoms with van der Waals surface area (Å²) >= 11 is 1.39. The number of amides is 1. The standard InChI is InChI=1S/C14H16N4OS/c15-6-1-3-11-5-10-20-13(11)14(19)18-7-2-4-12-16-8-9-17-12/h5,8-10H,2,4,6-7,15H2,(H,16,17)(H,18,19). The van der Waals surface area contributed by atoms with Crippen LogP contribution in [0.15, 0.2) is 23.8 Å². The van der Waals surface area contributed by atoms with Crippen LogP contribution in [0.3, 0.4) is 0 Å². The molecule has 0 aliphatic rings. The van der Waals surface area contributed by atoms with Crippen LogP contribution < -0.4 is 11.1 Å². The van der Waals surface area contributed by atoms with Crippen LogP contribution in [0.25, 0.3) is 0 Å². The van der Waals surface area contributed by atoms with E-state index in [9.17, 15) is 4.79 Å². The summed E-state index contributed by atoms with van der Waals surface area (Å²) in [6.07, 6.45) is 5.18. The molecule has 0 saturated heterocycles. The molecule has 0 spiro atoms. The Hall–Kier alpha value is -2.10. The fourth-order valence-electron chi connectivity index (χ4n) is 1.70. The van der Waals surface area contributed by atoms with Gasteiger partial charge >= 0.3 is 0 Å². The zero-order valence-corrected chi connectivity index (χ0v) is 11.8. The van der Waals surface area contributed by atoms with E-state index in [0.29, 0.717) is 18.0 Å². The van der Waals surface area contributed by atoms with E-state index in [1.54, 1.807) is 12.4 Å².